The summed E-state index contributed by atoms with van der Waals surface area (Å²) in [4.78, 5) is 18.3. The van der Waals surface area contributed by atoms with Crippen LogP contribution in [0.15, 0.2) is 10.9 Å². The first-order valence-electron chi connectivity index (χ1n) is 7.18. The zero-order chi connectivity index (χ0) is 15.7. The Morgan fingerprint density at radius 2 is 2.41 bits per heavy atom. The van der Waals surface area contributed by atoms with Crippen molar-refractivity contribution < 1.29 is 17.9 Å². The van der Waals surface area contributed by atoms with E-state index >= 15 is 0 Å². The van der Waals surface area contributed by atoms with Gasteiger partial charge in [0.1, 0.15) is 5.69 Å². The number of likely N-dealkylation sites (tertiary alicyclic amines) is 1. The number of aromatic nitrogens is 1. The fourth-order valence-corrected chi connectivity index (χ4v) is 4.13. The minimum Gasteiger partial charge on any atom is -0.376 e. The highest BCUT2D eigenvalue weighted by Gasteiger charge is 2.42. The van der Waals surface area contributed by atoms with Crippen LogP contribution in [0.4, 0.5) is 0 Å². The maximum atomic E-state index is 12.4. The highest BCUT2D eigenvalue weighted by Crippen LogP contribution is 2.34. The number of ether oxygens (including phenoxy) is 1. The predicted molar refractivity (Wildman–Crippen MR) is 82.2 cm³/mol. The van der Waals surface area contributed by atoms with Crippen LogP contribution in [0.1, 0.15) is 16.9 Å². The van der Waals surface area contributed by atoms with Gasteiger partial charge in [0.05, 0.1) is 24.5 Å². The second kappa shape index (κ2) is 6.23. The Bertz CT molecular complexity index is 632. The molecule has 9 heteroatoms. The zero-order valence-corrected chi connectivity index (χ0v) is 13.9. The van der Waals surface area contributed by atoms with Gasteiger partial charge in [-0.25, -0.2) is 18.1 Å². The Kier molecular flexibility index (Phi) is 4.49. The van der Waals surface area contributed by atoms with Gasteiger partial charge in [0.25, 0.3) is 5.91 Å². The van der Waals surface area contributed by atoms with Crippen molar-refractivity contribution in [2.45, 2.75) is 12.5 Å². The zero-order valence-electron chi connectivity index (χ0n) is 12.3. The summed E-state index contributed by atoms with van der Waals surface area (Å²) in [6.45, 7) is 2.20. The number of sulfonamides is 1. The SMILES string of the molecule is CS(=O)(=O)NC[C@H]1OC[C@@H]2CCN(C(=O)c3cscn3)C[C@@H]21. The molecule has 1 aromatic heterocycles. The van der Waals surface area contributed by atoms with Crippen molar-refractivity contribution in [3.05, 3.63) is 16.6 Å². The first-order chi connectivity index (χ1) is 10.4. The van der Waals surface area contributed by atoms with Crippen molar-refractivity contribution in [1.29, 1.82) is 0 Å². The maximum Gasteiger partial charge on any atom is 0.273 e. The van der Waals surface area contributed by atoms with Crippen LogP contribution in [-0.4, -0.2) is 62.8 Å². The molecule has 3 rings (SSSR count). The van der Waals surface area contributed by atoms with E-state index in [0.29, 0.717) is 31.3 Å². The summed E-state index contributed by atoms with van der Waals surface area (Å²) in [7, 11) is -3.23. The molecule has 0 aliphatic carbocycles. The van der Waals surface area contributed by atoms with Crippen LogP contribution in [0.3, 0.4) is 0 Å². The predicted octanol–water partition coefficient (Wildman–Crippen LogP) is 0.169. The van der Waals surface area contributed by atoms with E-state index in [9.17, 15) is 13.2 Å². The molecule has 1 aromatic rings. The highest BCUT2D eigenvalue weighted by atomic mass is 32.2. The first-order valence-corrected chi connectivity index (χ1v) is 10.0. The minimum atomic E-state index is -3.23. The molecule has 2 aliphatic rings. The summed E-state index contributed by atoms with van der Waals surface area (Å²) in [6.07, 6.45) is 1.85. The number of piperidine rings is 1. The van der Waals surface area contributed by atoms with Gasteiger partial charge in [-0.2, -0.15) is 0 Å². The molecule has 3 heterocycles. The van der Waals surface area contributed by atoms with Crippen molar-refractivity contribution >= 4 is 27.3 Å². The number of fused-ring (bicyclic) bond motifs is 1. The summed E-state index contributed by atoms with van der Waals surface area (Å²) in [5.74, 6) is 0.512. The van der Waals surface area contributed by atoms with Gasteiger partial charge in [0, 0.05) is 30.9 Å². The molecule has 0 unspecified atom stereocenters. The molecular weight excluding hydrogens is 326 g/mol. The van der Waals surface area contributed by atoms with Gasteiger partial charge in [0.2, 0.25) is 10.0 Å². The summed E-state index contributed by atoms with van der Waals surface area (Å²) < 4.78 is 30.7. The van der Waals surface area contributed by atoms with Gasteiger partial charge < -0.3 is 9.64 Å². The third-order valence-corrected chi connectivity index (χ3v) is 5.57. The van der Waals surface area contributed by atoms with E-state index < -0.39 is 10.0 Å². The van der Waals surface area contributed by atoms with Gasteiger partial charge >= 0.3 is 0 Å². The Balaban J connectivity index is 1.64. The summed E-state index contributed by atoms with van der Waals surface area (Å²) in [5, 5.41) is 1.75. The Morgan fingerprint density at radius 3 is 3.09 bits per heavy atom. The number of amides is 1. The van der Waals surface area contributed by atoms with E-state index in [4.69, 9.17) is 4.74 Å². The fraction of sp³-hybridized carbons (Fsp3) is 0.692. The maximum absolute atomic E-state index is 12.4. The number of hydrogen-bond donors (Lipinski definition) is 1. The second-order valence-electron chi connectivity index (χ2n) is 5.83. The molecule has 0 aromatic carbocycles. The van der Waals surface area contributed by atoms with E-state index in [2.05, 4.69) is 9.71 Å². The van der Waals surface area contributed by atoms with Crippen LogP contribution in [0.5, 0.6) is 0 Å². The van der Waals surface area contributed by atoms with Gasteiger partial charge in [-0.1, -0.05) is 0 Å². The lowest BCUT2D eigenvalue weighted by atomic mass is 9.84. The molecule has 122 valence electrons. The molecular formula is C13H19N3O4S2. The molecule has 1 amide bonds. The largest absolute Gasteiger partial charge is 0.376 e. The van der Waals surface area contributed by atoms with Crippen molar-refractivity contribution in [2.75, 3.05) is 32.5 Å². The molecule has 0 saturated carbocycles. The van der Waals surface area contributed by atoms with E-state index in [-0.39, 0.29) is 24.5 Å². The van der Waals surface area contributed by atoms with Gasteiger partial charge in [0.15, 0.2) is 0 Å². The topological polar surface area (TPSA) is 88.6 Å². The van der Waals surface area contributed by atoms with Gasteiger partial charge in [-0.05, 0) is 12.3 Å². The summed E-state index contributed by atoms with van der Waals surface area (Å²) in [5.41, 5.74) is 2.13. The van der Waals surface area contributed by atoms with Crippen LogP contribution in [0.25, 0.3) is 0 Å². The molecule has 2 fully saturated rings. The lowest BCUT2D eigenvalue weighted by molar-refractivity contribution is 0.0558. The number of nitrogens with one attached hydrogen (secondary N) is 1. The van der Waals surface area contributed by atoms with Gasteiger partial charge in [-0.3, -0.25) is 4.79 Å². The van der Waals surface area contributed by atoms with E-state index in [1.807, 2.05) is 0 Å². The van der Waals surface area contributed by atoms with Crippen LogP contribution >= 0.6 is 11.3 Å². The van der Waals surface area contributed by atoms with Crippen LogP contribution in [-0.2, 0) is 14.8 Å². The number of carbonyl (C=O) groups excluding carboxylic acids is 1. The molecule has 7 nitrogen and oxygen atoms in total. The average Bonchev–Trinajstić information content (AvgIpc) is 3.12. The summed E-state index contributed by atoms with van der Waals surface area (Å²) in [6, 6.07) is 0. The number of nitrogens with zero attached hydrogens (tertiary/aromatic N) is 2. The highest BCUT2D eigenvalue weighted by molar-refractivity contribution is 7.88. The molecule has 1 N–H and O–H groups in total. The molecule has 22 heavy (non-hydrogen) atoms. The quantitative estimate of drug-likeness (QED) is 0.840. The van der Waals surface area contributed by atoms with Crippen molar-refractivity contribution in [2.24, 2.45) is 11.8 Å². The summed E-state index contributed by atoms with van der Waals surface area (Å²) >= 11 is 1.40. The third kappa shape index (κ3) is 3.48. The molecule has 0 spiro atoms. The van der Waals surface area contributed by atoms with Gasteiger partial charge in [-0.15, -0.1) is 11.3 Å². The van der Waals surface area contributed by atoms with Crippen LogP contribution < -0.4 is 4.72 Å². The second-order valence-corrected chi connectivity index (χ2v) is 8.38. The van der Waals surface area contributed by atoms with Crippen LogP contribution in [0, 0.1) is 11.8 Å². The molecule has 0 bridgehead atoms. The lowest BCUT2D eigenvalue weighted by Gasteiger charge is -2.35. The normalized spacial score (nSPS) is 28.6. The monoisotopic (exact) mass is 345 g/mol. The smallest absolute Gasteiger partial charge is 0.273 e. The number of thiazole rings is 1. The van der Waals surface area contributed by atoms with E-state index in [1.54, 1.807) is 15.8 Å². The van der Waals surface area contributed by atoms with E-state index in [0.717, 1.165) is 12.7 Å². The minimum absolute atomic E-state index is 0.0542. The van der Waals surface area contributed by atoms with Crippen molar-refractivity contribution in [1.82, 2.24) is 14.6 Å². The van der Waals surface area contributed by atoms with Crippen molar-refractivity contribution in [3.63, 3.8) is 0 Å². The molecule has 3 atom stereocenters. The van der Waals surface area contributed by atoms with E-state index in [1.165, 1.54) is 11.3 Å². The average molecular weight is 345 g/mol. The first kappa shape index (κ1) is 15.9. The number of rotatable bonds is 4. The van der Waals surface area contributed by atoms with Crippen molar-refractivity contribution in [3.8, 4) is 0 Å². The Labute approximate surface area is 133 Å². The molecule has 0 radical (unpaired) electrons. The third-order valence-electron chi connectivity index (χ3n) is 4.29. The Hall–Kier alpha value is -1.03. The Morgan fingerprint density at radius 1 is 1.59 bits per heavy atom. The molecule has 2 saturated heterocycles. The molecule has 2 aliphatic heterocycles. The fourth-order valence-electron chi connectivity index (χ4n) is 3.14. The number of hydrogen-bond acceptors (Lipinski definition) is 6. The lowest BCUT2D eigenvalue weighted by Crippen LogP contribution is -2.47. The van der Waals surface area contributed by atoms with Crippen LogP contribution in [0.2, 0.25) is 0 Å². The standard InChI is InChI=1S/C13H19N3O4S2/c1-22(18,19)15-4-12-10-5-16(3-2-9(10)6-20-12)13(17)11-7-21-8-14-11/h7-10,12,15H,2-6H2,1H3/t9-,10-,12+/m0/s1. The number of carbonyl (C=O) groups is 1.